The predicted octanol–water partition coefficient (Wildman–Crippen LogP) is 1.75. The van der Waals surface area contributed by atoms with E-state index in [9.17, 15) is 18.8 Å². The van der Waals surface area contributed by atoms with Gasteiger partial charge in [-0.2, -0.15) is 0 Å². The van der Waals surface area contributed by atoms with Gasteiger partial charge in [0, 0.05) is 24.7 Å². The Morgan fingerprint density at radius 2 is 1.84 bits per heavy atom. The monoisotopic (exact) mass is 348 g/mol. The first kappa shape index (κ1) is 17.4. The maximum atomic E-state index is 13.0. The first-order chi connectivity index (χ1) is 12.0. The summed E-state index contributed by atoms with van der Waals surface area (Å²) in [7, 11) is 0. The van der Waals surface area contributed by atoms with E-state index in [1.807, 2.05) is 0 Å². The number of likely N-dealkylation sites (tertiary alicyclic amines) is 1. The Balaban J connectivity index is 1.67. The molecular weight excluding hydrogens is 327 g/mol. The highest BCUT2D eigenvalue weighted by atomic mass is 19.1. The lowest BCUT2D eigenvalue weighted by atomic mass is 9.95. The quantitative estimate of drug-likeness (QED) is 0.879. The lowest BCUT2D eigenvalue weighted by Gasteiger charge is -2.34. The Hall–Kier alpha value is -2.44. The average molecular weight is 348 g/mol. The molecule has 134 valence electrons. The van der Waals surface area contributed by atoms with Crippen molar-refractivity contribution >= 4 is 17.8 Å². The third kappa shape index (κ3) is 4.15. The van der Waals surface area contributed by atoms with Crippen molar-refractivity contribution in [2.24, 2.45) is 5.92 Å². The number of carbonyl (C=O) groups excluding carboxylic acids is 2. The summed E-state index contributed by atoms with van der Waals surface area (Å²) >= 11 is 0. The highest BCUT2D eigenvalue weighted by Crippen LogP contribution is 2.30. The van der Waals surface area contributed by atoms with Gasteiger partial charge < -0.3 is 14.9 Å². The van der Waals surface area contributed by atoms with Crippen LogP contribution < -0.4 is 0 Å². The zero-order valence-electron chi connectivity index (χ0n) is 13.9. The van der Waals surface area contributed by atoms with Gasteiger partial charge in [-0.3, -0.25) is 14.4 Å². The minimum atomic E-state index is -1.02. The number of carboxylic acids is 1. The fourth-order valence-corrected chi connectivity index (χ4v) is 3.29. The van der Waals surface area contributed by atoms with E-state index in [1.165, 1.54) is 29.2 Å². The number of hydrogen-bond donors (Lipinski definition) is 1. The topological polar surface area (TPSA) is 77.9 Å². The largest absolute Gasteiger partial charge is 0.480 e. The maximum Gasteiger partial charge on any atom is 0.323 e. The highest BCUT2D eigenvalue weighted by molar-refractivity contribution is 5.94. The van der Waals surface area contributed by atoms with Crippen molar-refractivity contribution in [1.29, 1.82) is 0 Å². The van der Waals surface area contributed by atoms with E-state index in [0.29, 0.717) is 24.9 Å². The van der Waals surface area contributed by atoms with Crippen LogP contribution in [0.1, 0.15) is 36.0 Å². The molecule has 1 saturated carbocycles. The van der Waals surface area contributed by atoms with Crippen LogP contribution >= 0.6 is 0 Å². The molecule has 0 aromatic heterocycles. The summed E-state index contributed by atoms with van der Waals surface area (Å²) in [6.45, 7) is 0.534. The second kappa shape index (κ2) is 7.21. The molecule has 0 spiro atoms. The fourth-order valence-electron chi connectivity index (χ4n) is 3.29. The van der Waals surface area contributed by atoms with E-state index in [-0.39, 0.29) is 36.9 Å². The summed E-state index contributed by atoms with van der Waals surface area (Å²) in [6, 6.07) is 5.36. The number of carboxylic acid groups (broad SMARTS) is 1. The lowest BCUT2D eigenvalue weighted by Crippen LogP contribution is -2.48. The molecule has 6 nitrogen and oxygen atoms in total. The normalized spacial score (nSPS) is 20.2. The lowest BCUT2D eigenvalue weighted by molar-refractivity contribution is -0.147. The van der Waals surface area contributed by atoms with E-state index >= 15 is 0 Å². The minimum absolute atomic E-state index is 0.0202. The number of carbonyl (C=O) groups is 3. The molecule has 1 atom stereocenters. The van der Waals surface area contributed by atoms with Crippen LogP contribution in [-0.2, 0) is 9.59 Å². The van der Waals surface area contributed by atoms with Gasteiger partial charge in [0.1, 0.15) is 12.4 Å². The Labute approximate surface area is 145 Å². The van der Waals surface area contributed by atoms with Crippen molar-refractivity contribution in [2.75, 3.05) is 19.6 Å². The first-order valence-electron chi connectivity index (χ1n) is 8.53. The van der Waals surface area contributed by atoms with E-state index in [2.05, 4.69) is 0 Å². The smallest absolute Gasteiger partial charge is 0.323 e. The molecule has 2 aliphatic rings. The fraction of sp³-hybridized carbons (Fsp3) is 0.500. The molecule has 1 heterocycles. The SMILES string of the molecule is O=C(O)CN(C(=O)C1CCCN(C(=O)c2ccc(F)cc2)C1)C1CC1. The van der Waals surface area contributed by atoms with Gasteiger partial charge in [-0.05, 0) is 49.9 Å². The zero-order valence-corrected chi connectivity index (χ0v) is 13.9. The van der Waals surface area contributed by atoms with Crippen molar-refractivity contribution in [1.82, 2.24) is 9.80 Å². The Morgan fingerprint density at radius 3 is 2.44 bits per heavy atom. The zero-order chi connectivity index (χ0) is 18.0. The third-order valence-corrected chi connectivity index (χ3v) is 4.73. The summed E-state index contributed by atoms with van der Waals surface area (Å²) in [4.78, 5) is 39.4. The summed E-state index contributed by atoms with van der Waals surface area (Å²) in [6.07, 6.45) is 3.01. The molecule has 2 fully saturated rings. The number of amides is 2. The van der Waals surface area contributed by atoms with Crippen molar-refractivity contribution in [3.05, 3.63) is 35.6 Å². The van der Waals surface area contributed by atoms with Gasteiger partial charge in [-0.25, -0.2) is 4.39 Å². The third-order valence-electron chi connectivity index (χ3n) is 4.73. The molecule has 1 aliphatic carbocycles. The molecule has 1 aromatic rings. The Morgan fingerprint density at radius 1 is 1.16 bits per heavy atom. The molecule has 0 bridgehead atoms. The van der Waals surface area contributed by atoms with Crippen molar-refractivity contribution in [3.63, 3.8) is 0 Å². The number of piperidine rings is 1. The van der Waals surface area contributed by atoms with E-state index in [4.69, 9.17) is 5.11 Å². The summed E-state index contributed by atoms with van der Waals surface area (Å²) in [5, 5.41) is 9.03. The minimum Gasteiger partial charge on any atom is -0.480 e. The Kier molecular flexibility index (Phi) is 5.01. The van der Waals surface area contributed by atoms with Crippen LogP contribution in [0.4, 0.5) is 4.39 Å². The summed E-state index contributed by atoms with van der Waals surface area (Å²) in [5.74, 6) is -2.21. The van der Waals surface area contributed by atoms with Gasteiger partial charge >= 0.3 is 5.97 Å². The van der Waals surface area contributed by atoms with Gasteiger partial charge in [0.2, 0.25) is 5.91 Å². The van der Waals surface area contributed by atoms with E-state index in [1.54, 1.807) is 4.90 Å². The number of hydrogen-bond acceptors (Lipinski definition) is 3. The van der Waals surface area contributed by atoms with Crippen LogP contribution in [0.25, 0.3) is 0 Å². The molecule has 1 N–H and O–H groups in total. The Bertz CT molecular complexity index is 672. The number of rotatable bonds is 5. The number of nitrogens with zero attached hydrogens (tertiary/aromatic N) is 2. The number of aliphatic carboxylic acids is 1. The highest BCUT2D eigenvalue weighted by Gasteiger charge is 2.38. The van der Waals surface area contributed by atoms with Gasteiger partial charge in [0.05, 0.1) is 5.92 Å². The number of benzene rings is 1. The molecule has 1 unspecified atom stereocenters. The molecule has 25 heavy (non-hydrogen) atoms. The second-order valence-electron chi connectivity index (χ2n) is 6.69. The van der Waals surface area contributed by atoms with Crippen LogP contribution in [0.2, 0.25) is 0 Å². The van der Waals surface area contributed by atoms with Gasteiger partial charge in [0.25, 0.3) is 5.91 Å². The maximum absolute atomic E-state index is 13.0. The summed E-state index contributed by atoms with van der Waals surface area (Å²) in [5.41, 5.74) is 0.388. The molecule has 2 amide bonds. The molecule has 1 aromatic carbocycles. The van der Waals surface area contributed by atoms with Crippen LogP contribution in [0.5, 0.6) is 0 Å². The van der Waals surface area contributed by atoms with Crippen LogP contribution in [0, 0.1) is 11.7 Å². The molecule has 3 rings (SSSR count). The predicted molar refractivity (Wildman–Crippen MR) is 87.4 cm³/mol. The van der Waals surface area contributed by atoms with Crippen LogP contribution in [0.3, 0.4) is 0 Å². The van der Waals surface area contributed by atoms with Crippen LogP contribution in [0.15, 0.2) is 24.3 Å². The van der Waals surface area contributed by atoms with Gasteiger partial charge in [-0.1, -0.05) is 0 Å². The van der Waals surface area contributed by atoms with Gasteiger partial charge in [-0.15, -0.1) is 0 Å². The molecule has 1 saturated heterocycles. The molecule has 1 aliphatic heterocycles. The molecular formula is C18H21FN2O4. The van der Waals surface area contributed by atoms with E-state index in [0.717, 1.165) is 12.8 Å². The first-order valence-corrected chi connectivity index (χ1v) is 8.53. The van der Waals surface area contributed by atoms with E-state index < -0.39 is 11.8 Å². The van der Waals surface area contributed by atoms with Crippen LogP contribution in [-0.4, -0.2) is 58.4 Å². The molecule has 0 radical (unpaired) electrons. The molecule has 7 heteroatoms. The summed E-state index contributed by atoms with van der Waals surface area (Å²) < 4.78 is 13.0. The van der Waals surface area contributed by atoms with Gasteiger partial charge in [0.15, 0.2) is 0 Å². The van der Waals surface area contributed by atoms with Crippen molar-refractivity contribution in [2.45, 2.75) is 31.7 Å². The second-order valence-corrected chi connectivity index (χ2v) is 6.69. The number of halogens is 1. The average Bonchev–Trinajstić information content (AvgIpc) is 3.44. The standard InChI is InChI=1S/C18H21FN2O4/c19-14-5-3-12(4-6-14)17(24)20-9-1-2-13(10-20)18(25)21(11-16(22)23)15-7-8-15/h3-6,13,15H,1-2,7-11H2,(H,22,23). The van der Waals surface area contributed by atoms with Crippen molar-refractivity contribution in [3.8, 4) is 0 Å². The van der Waals surface area contributed by atoms with Crippen molar-refractivity contribution < 1.29 is 23.9 Å².